The zero-order valence-electron chi connectivity index (χ0n) is 16.7. The third-order valence-corrected chi connectivity index (χ3v) is 9.68. The average Bonchev–Trinajstić information content (AvgIpc) is 3.16. The monoisotopic (exact) mass is 360 g/mol. The summed E-state index contributed by atoms with van der Waals surface area (Å²) in [6, 6.07) is 10.2. The van der Waals surface area contributed by atoms with Gasteiger partial charge in [-0.1, -0.05) is 62.9 Å². The van der Waals surface area contributed by atoms with E-state index < -0.39 is 13.9 Å². The van der Waals surface area contributed by atoms with Crippen LogP contribution in [0.1, 0.15) is 40.2 Å². The maximum atomic E-state index is 6.28. The Balaban J connectivity index is 1.79. The van der Waals surface area contributed by atoms with Gasteiger partial charge >= 0.3 is 0 Å². The molecule has 1 aromatic carbocycles. The molecule has 0 amide bonds. The van der Waals surface area contributed by atoms with Gasteiger partial charge in [0, 0.05) is 0 Å². The van der Waals surface area contributed by atoms with Crippen LogP contribution in [0.3, 0.4) is 0 Å². The molecule has 1 aliphatic rings. The van der Waals surface area contributed by atoms with Crippen molar-refractivity contribution in [2.45, 2.75) is 77.2 Å². The van der Waals surface area contributed by atoms with Crippen molar-refractivity contribution in [3.05, 3.63) is 35.9 Å². The first-order valence-corrected chi connectivity index (χ1v) is 11.9. The Bertz CT molecular complexity index is 624. The minimum Gasteiger partial charge on any atom is -0.404 e. The molecule has 0 aliphatic carbocycles. The molecule has 138 valence electrons. The van der Waals surface area contributed by atoms with Crippen LogP contribution >= 0.6 is 0 Å². The van der Waals surface area contributed by atoms with Gasteiger partial charge in [-0.3, -0.25) is 0 Å². The summed E-state index contributed by atoms with van der Waals surface area (Å²) < 4.78 is 17.8. The van der Waals surface area contributed by atoms with E-state index in [1.807, 2.05) is 32.0 Å². The Morgan fingerprint density at radius 1 is 1.24 bits per heavy atom. The van der Waals surface area contributed by atoms with Crippen molar-refractivity contribution >= 4 is 8.32 Å². The summed E-state index contributed by atoms with van der Waals surface area (Å²) in [6.45, 7) is 16.4. The highest BCUT2D eigenvalue weighted by Gasteiger charge is 2.51. The lowest BCUT2D eigenvalue weighted by Crippen LogP contribution is -2.43. The van der Waals surface area contributed by atoms with Gasteiger partial charge in [0.15, 0.2) is 13.9 Å². The second-order valence-electron chi connectivity index (χ2n) is 8.50. The van der Waals surface area contributed by atoms with Crippen LogP contribution in [-0.4, -0.2) is 32.7 Å². The summed E-state index contributed by atoms with van der Waals surface area (Å²) >= 11 is 0. The van der Waals surface area contributed by atoms with Gasteiger partial charge in [0.1, 0.15) is 12.2 Å². The van der Waals surface area contributed by atoms with Gasteiger partial charge in [-0.15, -0.1) is 0 Å². The zero-order chi connectivity index (χ0) is 18.7. The summed E-state index contributed by atoms with van der Waals surface area (Å²) in [5, 5.41) is 0.191. The summed E-state index contributed by atoms with van der Waals surface area (Å²) in [5.74, 6) is 6.48. The number of hydrogen-bond acceptors (Lipinski definition) is 3. The van der Waals surface area contributed by atoms with E-state index in [1.165, 1.54) is 5.56 Å². The summed E-state index contributed by atoms with van der Waals surface area (Å²) in [4.78, 5) is 0. The number of rotatable bonds is 6. The molecule has 1 aliphatic heterocycles. The molecule has 0 unspecified atom stereocenters. The number of benzene rings is 1. The molecule has 1 saturated heterocycles. The van der Waals surface area contributed by atoms with Gasteiger partial charge in [0.25, 0.3) is 0 Å². The van der Waals surface area contributed by atoms with Crippen molar-refractivity contribution in [2.75, 3.05) is 6.61 Å². The summed E-state index contributed by atoms with van der Waals surface area (Å²) in [7, 11) is -1.79. The maximum Gasteiger partial charge on any atom is 0.193 e. The standard InChI is InChI=1S/C21H32O3Si/c1-17(24-25(6,7)20(2,3)4)13-14-21(5)19(23-21)16-22-15-18-11-9-8-10-12-18/h8-12,17,19H,15-16H2,1-7H3/t17-,19-,21+/m1/s1. The van der Waals surface area contributed by atoms with Crippen LogP contribution in [0.5, 0.6) is 0 Å². The van der Waals surface area contributed by atoms with Crippen LogP contribution in [0.15, 0.2) is 30.3 Å². The molecule has 2 rings (SSSR count). The predicted molar refractivity (Wildman–Crippen MR) is 105 cm³/mol. The van der Waals surface area contributed by atoms with Crippen molar-refractivity contribution in [1.82, 2.24) is 0 Å². The molecule has 0 bridgehead atoms. The molecular weight excluding hydrogens is 328 g/mol. The molecule has 1 heterocycles. The van der Waals surface area contributed by atoms with E-state index in [2.05, 4.69) is 57.8 Å². The fourth-order valence-corrected chi connectivity index (χ4v) is 3.61. The topological polar surface area (TPSA) is 31.0 Å². The van der Waals surface area contributed by atoms with Gasteiger partial charge in [-0.25, -0.2) is 0 Å². The first-order chi connectivity index (χ1) is 11.5. The average molecular weight is 361 g/mol. The van der Waals surface area contributed by atoms with E-state index in [0.717, 1.165) is 0 Å². The molecule has 1 aromatic rings. The van der Waals surface area contributed by atoms with Crippen LogP contribution in [0.4, 0.5) is 0 Å². The van der Waals surface area contributed by atoms with E-state index in [0.29, 0.717) is 13.2 Å². The van der Waals surface area contributed by atoms with Crippen molar-refractivity contribution < 1.29 is 13.9 Å². The Morgan fingerprint density at radius 3 is 2.48 bits per heavy atom. The molecule has 25 heavy (non-hydrogen) atoms. The lowest BCUT2D eigenvalue weighted by Gasteiger charge is -2.37. The highest BCUT2D eigenvalue weighted by atomic mass is 28.4. The molecule has 0 N–H and O–H groups in total. The van der Waals surface area contributed by atoms with Gasteiger partial charge in [-0.2, -0.15) is 0 Å². The van der Waals surface area contributed by atoms with Gasteiger partial charge < -0.3 is 13.9 Å². The highest BCUT2D eigenvalue weighted by Crippen LogP contribution is 2.38. The number of ether oxygens (including phenoxy) is 2. The smallest absolute Gasteiger partial charge is 0.193 e. The third-order valence-electron chi connectivity index (χ3n) is 5.13. The van der Waals surface area contributed by atoms with Crippen molar-refractivity contribution in [1.29, 1.82) is 0 Å². The minimum atomic E-state index is -1.79. The van der Waals surface area contributed by atoms with E-state index in [9.17, 15) is 0 Å². The molecule has 1 fully saturated rings. The van der Waals surface area contributed by atoms with Crippen LogP contribution < -0.4 is 0 Å². The SMILES string of the molecule is C[C@H](C#C[C@]1(C)O[C@@H]1COCc1ccccc1)O[Si](C)(C)C(C)(C)C. The van der Waals surface area contributed by atoms with Crippen molar-refractivity contribution in [2.24, 2.45) is 0 Å². The molecule has 3 atom stereocenters. The van der Waals surface area contributed by atoms with Gasteiger partial charge in [0.05, 0.1) is 13.2 Å². The first kappa shape index (κ1) is 20.2. The predicted octanol–water partition coefficient (Wildman–Crippen LogP) is 4.77. The quantitative estimate of drug-likeness (QED) is 0.416. The second-order valence-corrected chi connectivity index (χ2v) is 13.3. The van der Waals surface area contributed by atoms with Crippen LogP contribution in [0, 0.1) is 11.8 Å². The molecule has 0 spiro atoms. The Morgan fingerprint density at radius 2 is 1.88 bits per heavy atom. The van der Waals surface area contributed by atoms with Gasteiger partial charge in [-0.05, 0) is 37.5 Å². The van der Waals surface area contributed by atoms with E-state index in [-0.39, 0.29) is 17.2 Å². The molecule has 3 nitrogen and oxygen atoms in total. The molecular formula is C21H32O3Si. The Hall–Kier alpha value is -1.12. The fraction of sp³-hybridized carbons (Fsp3) is 0.619. The minimum absolute atomic E-state index is 0.0452. The normalized spacial score (nSPS) is 24.4. The van der Waals surface area contributed by atoms with E-state index >= 15 is 0 Å². The summed E-state index contributed by atoms with van der Waals surface area (Å²) in [6.07, 6.45) is -0.0309. The summed E-state index contributed by atoms with van der Waals surface area (Å²) in [5.41, 5.74) is 0.772. The highest BCUT2D eigenvalue weighted by molar-refractivity contribution is 6.74. The lowest BCUT2D eigenvalue weighted by molar-refractivity contribution is 0.104. The van der Waals surface area contributed by atoms with Crippen molar-refractivity contribution in [3.8, 4) is 11.8 Å². The van der Waals surface area contributed by atoms with Crippen LogP contribution in [-0.2, 0) is 20.5 Å². The lowest BCUT2D eigenvalue weighted by atomic mass is 10.1. The fourth-order valence-electron chi connectivity index (χ4n) is 2.32. The Labute approximate surface area is 154 Å². The van der Waals surface area contributed by atoms with E-state index in [1.54, 1.807) is 0 Å². The Kier molecular flexibility index (Phi) is 6.16. The maximum absolute atomic E-state index is 6.28. The first-order valence-electron chi connectivity index (χ1n) is 9.03. The van der Waals surface area contributed by atoms with Gasteiger partial charge in [0.2, 0.25) is 0 Å². The van der Waals surface area contributed by atoms with Crippen molar-refractivity contribution in [3.63, 3.8) is 0 Å². The van der Waals surface area contributed by atoms with E-state index in [4.69, 9.17) is 13.9 Å². The zero-order valence-corrected chi connectivity index (χ0v) is 17.7. The molecule has 0 saturated carbocycles. The second kappa shape index (κ2) is 7.63. The van der Waals surface area contributed by atoms with Crippen LogP contribution in [0.2, 0.25) is 18.1 Å². The number of epoxide rings is 1. The third kappa shape index (κ3) is 5.69. The van der Waals surface area contributed by atoms with Crippen LogP contribution in [0.25, 0.3) is 0 Å². The molecule has 0 radical (unpaired) electrons. The largest absolute Gasteiger partial charge is 0.404 e. The number of hydrogen-bond donors (Lipinski definition) is 0. The molecule has 4 heteroatoms. The molecule has 0 aromatic heterocycles.